The van der Waals surface area contributed by atoms with E-state index in [0.717, 1.165) is 0 Å². The predicted octanol–water partition coefficient (Wildman–Crippen LogP) is -0.391. The maximum Gasteiger partial charge on any atom is 0.488 e. The lowest BCUT2D eigenvalue weighted by Gasteiger charge is -2.00. The Labute approximate surface area is 82.8 Å². The van der Waals surface area contributed by atoms with Crippen LogP contribution in [0.2, 0.25) is 0 Å². The van der Waals surface area contributed by atoms with Crippen molar-refractivity contribution >= 4 is 12.6 Å². The van der Waals surface area contributed by atoms with Crippen LogP contribution in [0.4, 0.5) is 0 Å². The molecule has 0 saturated carbocycles. The molecule has 14 heavy (non-hydrogen) atoms. The van der Waals surface area contributed by atoms with Crippen LogP contribution in [0, 0.1) is 23.2 Å². The summed E-state index contributed by atoms with van der Waals surface area (Å²) in [5.41, 5.74) is 1.25. The van der Waals surface area contributed by atoms with Gasteiger partial charge in [0.1, 0.15) is 0 Å². The highest BCUT2D eigenvalue weighted by Crippen LogP contribution is 2.01. The van der Waals surface area contributed by atoms with E-state index in [1.54, 1.807) is 19.1 Å². The van der Waals surface area contributed by atoms with Gasteiger partial charge in [-0.05, 0) is 30.6 Å². The lowest BCUT2D eigenvalue weighted by molar-refractivity contribution is 0.426. The molecular weight excluding hydrogens is 177 g/mol. The Morgan fingerprint density at radius 2 is 1.86 bits per heavy atom. The number of hydrogen-bond donors (Lipinski definition) is 2. The van der Waals surface area contributed by atoms with E-state index < -0.39 is 7.12 Å². The third-order valence-electron chi connectivity index (χ3n) is 1.65. The van der Waals surface area contributed by atoms with Crippen molar-refractivity contribution < 1.29 is 10.0 Å². The second-order valence-electron chi connectivity index (χ2n) is 2.70. The number of hydrogen-bond acceptors (Lipinski definition) is 3. The van der Waals surface area contributed by atoms with E-state index in [4.69, 9.17) is 15.3 Å². The van der Waals surface area contributed by atoms with E-state index in [1.165, 1.54) is 6.07 Å². The third kappa shape index (κ3) is 2.37. The van der Waals surface area contributed by atoms with E-state index in [2.05, 4.69) is 11.8 Å². The molecular formula is C10H8BNO2. The molecule has 4 heteroatoms. The summed E-state index contributed by atoms with van der Waals surface area (Å²) in [7, 11) is -1.57. The molecule has 2 N–H and O–H groups in total. The largest absolute Gasteiger partial charge is 0.488 e. The van der Waals surface area contributed by atoms with E-state index >= 15 is 0 Å². The van der Waals surface area contributed by atoms with E-state index in [1.807, 2.05) is 6.07 Å². The van der Waals surface area contributed by atoms with Crippen LogP contribution in [-0.4, -0.2) is 17.2 Å². The molecule has 68 valence electrons. The summed E-state index contributed by atoms with van der Waals surface area (Å²) < 4.78 is 0. The van der Waals surface area contributed by atoms with Crippen molar-refractivity contribution in [1.82, 2.24) is 0 Å². The van der Waals surface area contributed by atoms with Crippen molar-refractivity contribution in [2.24, 2.45) is 0 Å². The van der Waals surface area contributed by atoms with Crippen molar-refractivity contribution in [3.05, 3.63) is 29.3 Å². The van der Waals surface area contributed by atoms with Crippen LogP contribution in [0.15, 0.2) is 18.2 Å². The first-order valence-corrected chi connectivity index (χ1v) is 4.01. The molecule has 0 unspecified atom stereocenters. The Kier molecular flexibility index (Phi) is 3.31. The summed E-state index contributed by atoms with van der Waals surface area (Å²) in [6.45, 7) is 1.67. The highest BCUT2D eigenvalue weighted by atomic mass is 16.4. The minimum Gasteiger partial charge on any atom is -0.423 e. The maximum atomic E-state index is 8.93. The average molecular weight is 185 g/mol. The highest BCUT2D eigenvalue weighted by molar-refractivity contribution is 6.58. The fourth-order valence-corrected chi connectivity index (χ4v) is 1.08. The Morgan fingerprint density at radius 1 is 1.21 bits per heavy atom. The second-order valence-corrected chi connectivity index (χ2v) is 2.70. The van der Waals surface area contributed by atoms with Crippen LogP contribution in [-0.2, 0) is 0 Å². The summed E-state index contributed by atoms with van der Waals surface area (Å²) >= 11 is 0. The molecule has 0 atom stereocenters. The Morgan fingerprint density at radius 3 is 2.36 bits per heavy atom. The van der Waals surface area contributed by atoms with Crippen LogP contribution in [0.25, 0.3) is 0 Å². The van der Waals surface area contributed by atoms with Crippen LogP contribution in [0.5, 0.6) is 0 Å². The average Bonchev–Trinajstić information content (AvgIpc) is 2.17. The van der Waals surface area contributed by atoms with Gasteiger partial charge >= 0.3 is 7.12 Å². The molecule has 0 radical (unpaired) electrons. The summed E-state index contributed by atoms with van der Waals surface area (Å²) in [5.74, 6) is 5.43. The topological polar surface area (TPSA) is 64.2 Å². The molecule has 0 aliphatic carbocycles. The number of benzene rings is 1. The number of rotatable bonds is 1. The SMILES string of the molecule is CC#Cc1cc(C#N)cc(B(O)O)c1. The molecule has 0 aliphatic rings. The fourth-order valence-electron chi connectivity index (χ4n) is 1.08. The Bertz CT molecular complexity index is 438. The first-order valence-electron chi connectivity index (χ1n) is 4.01. The van der Waals surface area contributed by atoms with Crippen LogP contribution in [0.3, 0.4) is 0 Å². The zero-order chi connectivity index (χ0) is 10.6. The van der Waals surface area contributed by atoms with Gasteiger partial charge in [-0.2, -0.15) is 5.26 Å². The lowest BCUT2D eigenvalue weighted by Crippen LogP contribution is -2.30. The van der Waals surface area contributed by atoms with Gasteiger partial charge in [-0.3, -0.25) is 0 Å². The van der Waals surface area contributed by atoms with Gasteiger partial charge in [0.25, 0.3) is 0 Å². The van der Waals surface area contributed by atoms with E-state index in [0.29, 0.717) is 11.1 Å². The summed E-state index contributed by atoms with van der Waals surface area (Å²) in [6.07, 6.45) is 0. The standard InChI is InChI=1S/C10H8BNO2/c1-2-3-8-4-9(7-12)6-10(5-8)11(13)14/h4-6,13-14H,1H3. The van der Waals surface area contributed by atoms with Crippen molar-refractivity contribution in [3.8, 4) is 17.9 Å². The van der Waals surface area contributed by atoms with Crippen LogP contribution < -0.4 is 5.46 Å². The summed E-state index contributed by atoms with van der Waals surface area (Å²) in [6, 6.07) is 6.50. The molecule has 0 saturated heterocycles. The molecule has 1 aromatic carbocycles. The molecule has 0 spiro atoms. The summed E-state index contributed by atoms with van der Waals surface area (Å²) in [5, 5.41) is 26.5. The molecule has 3 nitrogen and oxygen atoms in total. The molecule has 0 aromatic heterocycles. The molecule has 0 bridgehead atoms. The minimum atomic E-state index is -1.57. The summed E-state index contributed by atoms with van der Waals surface area (Å²) in [4.78, 5) is 0. The van der Waals surface area contributed by atoms with E-state index in [9.17, 15) is 0 Å². The van der Waals surface area contributed by atoms with E-state index in [-0.39, 0.29) is 5.46 Å². The zero-order valence-corrected chi connectivity index (χ0v) is 7.65. The van der Waals surface area contributed by atoms with Crippen molar-refractivity contribution in [2.75, 3.05) is 0 Å². The number of nitrogens with zero attached hydrogens (tertiary/aromatic N) is 1. The van der Waals surface area contributed by atoms with Gasteiger partial charge in [0.15, 0.2) is 0 Å². The lowest BCUT2D eigenvalue weighted by atomic mass is 9.79. The van der Waals surface area contributed by atoms with Crippen molar-refractivity contribution in [1.29, 1.82) is 5.26 Å². The van der Waals surface area contributed by atoms with Crippen molar-refractivity contribution in [2.45, 2.75) is 6.92 Å². The quantitative estimate of drug-likeness (QED) is 0.462. The van der Waals surface area contributed by atoms with Crippen LogP contribution >= 0.6 is 0 Å². The minimum absolute atomic E-state index is 0.279. The van der Waals surface area contributed by atoms with Gasteiger partial charge in [-0.15, -0.1) is 5.92 Å². The first-order chi connectivity index (χ1) is 6.67. The monoisotopic (exact) mass is 185 g/mol. The third-order valence-corrected chi connectivity index (χ3v) is 1.65. The second kappa shape index (κ2) is 4.48. The van der Waals surface area contributed by atoms with Gasteiger partial charge in [0, 0.05) is 5.56 Å². The Balaban J connectivity index is 3.26. The smallest absolute Gasteiger partial charge is 0.423 e. The first kappa shape index (κ1) is 10.3. The van der Waals surface area contributed by atoms with Crippen molar-refractivity contribution in [3.63, 3.8) is 0 Å². The van der Waals surface area contributed by atoms with Crippen LogP contribution in [0.1, 0.15) is 18.1 Å². The fraction of sp³-hybridized carbons (Fsp3) is 0.100. The van der Waals surface area contributed by atoms with Gasteiger partial charge < -0.3 is 10.0 Å². The van der Waals surface area contributed by atoms with Gasteiger partial charge in [0.05, 0.1) is 11.6 Å². The number of nitriles is 1. The van der Waals surface area contributed by atoms with Gasteiger partial charge in [-0.25, -0.2) is 0 Å². The molecule has 0 fully saturated rings. The van der Waals surface area contributed by atoms with Gasteiger partial charge in [-0.1, -0.05) is 5.92 Å². The molecule has 1 aromatic rings. The highest BCUT2D eigenvalue weighted by Gasteiger charge is 2.12. The normalized spacial score (nSPS) is 8.43. The zero-order valence-electron chi connectivity index (χ0n) is 7.65. The molecule has 1 rings (SSSR count). The molecule has 0 heterocycles. The Hall–Kier alpha value is -1.75. The molecule has 0 aliphatic heterocycles. The van der Waals surface area contributed by atoms with Gasteiger partial charge in [0.2, 0.25) is 0 Å². The predicted molar refractivity (Wildman–Crippen MR) is 53.5 cm³/mol. The maximum absolute atomic E-state index is 8.93. The molecule has 0 amide bonds.